The maximum Gasteiger partial charge on any atom is 0.230 e. The minimum absolute atomic E-state index is 0.0360. The van der Waals surface area contributed by atoms with Crippen LogP contribution in [-0.4, -0.2) is 5.78 Å². The standard InChI is InChI=1S/C15H14NO/c17-15-13-7-3-2-6-12(13)8-9-14(15)16-10-4-1-5-11-16/h1-7,10-11,14H,8-9H2/q+1/t14-/m1/s1. The van der Waals surface area contributed by atoms with Gasteiger partial charge in [0.2, 0.25) is 11.8 Å². The smallest absolute Gasteiger partial charge is 0.230 e. The Morgan fingerprint density at radius 1 is 1.00 bits per heavy atom. The zero-order valence-electron chi connectivity index (χ0n) is 9.54. The summed E-state index contributed by atoms with van der Waals surface area (Å²) in [5.74, 6) is 0.239. The third-order valence-corrected chi connectivity index (χ3v) is 3.37. The minimum Gasteiger partial charge on any atom is -0.287 e. The molecule has 1 atom stereocenters. The van der Waals surface area contributed by atoms with Gasteiger partial charge in [-0.1, -0.05) is 30.3 Å². The summed E-state index contributed by atoms with van der Waals surface area (Å²) in [4.78, 5) is 12.4. The van der Waals surface area contributed by atoms with Crippen LogP contribution in [0.4, 0.5) is 0 Å². The first-order chi connectivity index (χ1) is 8.36. The van der Waals surface area contributed by atoms with E-state index in [1.54, 1.807) is 0 Å². The van der Waals surface area contributed by atoms with Crippen molar-refractivity contribution in [2.75, 3.05) is 0 Å². The molecule has 0 aliphatic heterocycles. The third-order valence-electron chi connectivity index (χ3n) is 3.37. The molecule has 2 aromatic rings. The van der Waals surface area contributed by atoms with E-state index < -0.39 is 0 Å². The van der Waals surface area contributed by atoms with Crippen LogP contribution in [-0.2, 0) is 6.42 Å². The molecule has 17 heavy (non-hydrogen) atoms. The van der Waals surface area contributed by atoms with Gasteiger partial charge in [0.05, 0.1) is 0 Å². The van der Waals surface area contributed by atoms with Gasteiger partial charge in [-0.2, -0.15) is 4.57 Å². The highest BCUT2D eigenvalue weighted by Gasteiger charge is 2.33. The van der Waals surface area contributed by atoms with Gasteiger partial charge in [0, 0.05) is 24.1 Å². The summed E-state index contributed by atoms with van der Waals surface area (Å²) < 4.78 is 2.01. The van der Waals surface area contributed by atoms with E-state index in [-0.39, 0.29) is 11.8 Å². The van der Waals surface area contributed by atoms with Crippen molar-refractivity contribution in [1.29, 1.82) is 0 Å². The number of rotatable bonds is 1. The van der Waals surface area contributed by atoms with Crippen LogP contribution in [0.1, 0.15) is 28.4 Å². The molecule has 84 valence electrons. The van der Waals surface area contributed by atoms with Gasteiger partial charge in [0.15, 0.2) is 12.4 Å². The SMILES string of the molecule is O=C1c2ccccc2CC[C@H]1[n+]1ccccc1. The van der Waals surface area contributed by atoms with Gasteiger partial charge < -0.3 is 0 Å². The average molecular weight is 224 g/mol. The second-order valence-electron chi connectivity index (χ2n) is 4.40. The van der Waals surface area contributed by atoms with Gasteiger partial charge >= 0.3 is 0 Å². The topological polar surface area (TPSA) is 20.9 Å². The molecule has 0 saturated heterocycles. The number of pyridine rings is 1. The maximum absolute atomic E-state index is 12.4. The number of carbonyl (C=O) groups excluding carboxylic acids is 1. The second-order valence-corrected chi connectivity index (χ2v) is 4.40. The number of ketones is 1. The van der Waals surface area contributed by atoms with E-state index in [1.807, 2.05) is 53.4 Å². The van der Waals surface area contributed by atoms with Gasteiger partial charge in [0.1, 0.15) is 0 Å². The Morgan fingerprint density at radius 3 is 2.59 bits per heavy atom. The molecule has 1 aromatic carbocycles. The Bertz CT molecular complexity index is 548. The molecule has 1 aliphatic rings. The third kappa shape index (κ3) is 1.76. The molecule has 0 bridgehead atoms. The Balaban J connectivity index is 2.00. The van der Waals surface area contributed by atoms with Gasteiger partial charge in [0.25, 0.3) is 0 Å². The zero-order chi connectivity index (χ0) is 11.7. The molecule has 0 unspecified atom stereocenters. The Kier molecular flexibility index (Phi) is 2.48. The largest absolute Gasteiger partial charge is 0.287 e. The first-order valence-corrected chi connectivity index (χ1v) is 5.94. The van der Waals surface area contributed by atoms with E-state index in [0.717, 1.165) is 18.4 Å². The van der Waals surface area contributed by atoms with Crippen molar-refractivity contribution < 1.29 is 9.36 Å². The van der Waals surface area contributed by atoms with Crippen molar-refractivity contribution >= 4 is 5.78 Å². The molecule has 1 aliphatic carbocycles. The van der Waals surface area contributed by atoms with Crippen LogP contribution in [0.25, 0.3) is 0 Å². The molecule has 0 spiro atoms. The fourth-order valence-corrected chi connectivity index (χ4v) is 2.49. The monoisotopic (exact) mass is 224 g/mol. The molecule has 0 fully saturated rings. The quantitative estimate of drug-likeness (QED) is 0.681. The Hall–Kier alpha value is -1.96. The first-order valence-electron chi connectivity index (χ1n) is 5.94. The molecule has 1 heterocycles. The van der Waals surface area contributed by atoms with Crippen LogP contribution in [0.3, 0.4) is 0 Å². The number of aromatic nitrogens is 1. The molecule has 2 nitrogen and oxygen atoms in total. The number of hydrogen-bond acceptors (Lipinski definition) is 1. The fourth-order valence-electron chi connectivity index (χ4n) is 2.49. The fraction of sp³-hybridized carbons (Fsp3) is 0.200. The predicted molar refractivity (Wildman–Crippen MR) is 64.8 cm³/mol. The number of aryl methyl sites for hydroxylation is 1. The molecule has 1 aromatic heterocycles. The molecule has 0 N–H and O–H groups in total. The van der Waals surface area contributed by atoms with Crippen LogP contribution in [0, 0.1) is 0 Å². The van der Waals surface area contributed by atoms with Crippen LogP contribution >= 0.6 is 0 Å². The molecular formula is C15H14NO+. The molecular weight excluding hydrogens is 210 g/mol. The molecule has 0 saturated carbocycles. The summed E-state index contributed by atoms with van der Waals surface area (Å²) in [6.07, 6.45) is 5.81. The van der Waals surface area contributed by atoms with E-state index in [2.05, 4.69) is 6.07 Å². The molecule has 3 rings (SSSR count). The van der Waals surface area contributed by atoms with Crippen molar-refractivity contribution in [2.24, 2.45) is 0 Å². The highest BCUT2D eigenvalue weighted by Crippen LogP contribution is 2.25. The molecule has 2 heteroatoms. The van der Waals surface area contributed by atoms with E-state index in [1.165, 1.54) is 5.56 Å². The van der Waals surface area contributed by atoms with E-state index in [0.29, 0.717) is 0 Å². The average Bonchev–Trinajstić information content (AvgIpc) is 2.40. The molecule has 0 radical (unpaired) electrons. The molecule has 0 amide bonds. The van der Waals surface area contributed by atoms with Crippen LogP contribution in [0.5, 0.6) is 0 Å². The van der Waals surface area contributed by atoms with E-state index in [4.69, 9.17) is 0 Å². The lowest BCUT2D eigenvalue weighted by Crippen LogP contribution is -2.45. The summed E-state index contributed by atoms with van der Waals surface area (Å²) in [6.45, 7) is 0. The highest BCUT2D eigenvalue weighted by molar-refractivity contribution is 6.00. The lowest BCUT2D eigenvalue weighted by molar-refractivity contribution is -0.708. The second kappa shape index (κ2) is 4.13. The number of nitrogens with zero attached hydrogens (tertiary/aromatic N) is 1. The summed E-state index contributed by atoms with van der Waals surface area (Å²) in [7, 11) is 0. The van der Waals surface area contributed by atoms with Crippen molar-refractivity contribution in [1.82, 2.24) is 0 Å². The van der Waals surface area contributed by atoms with Crippen LogP contribution in [0.15, 0.2) is 54.9 Å². The van der Waals surface area contributed by atoms with Gasteiger partial charge in [-0.25, -0.2) is 0 Å². The van der Waals surface area contributed by atoms with Gasteiger partial charge in [-0.05, 0) is 12.0 Å². The first kappa shape index (κ1) is 10.2. The lowest BCUT2D eigenvalue weighted by atomic mass is 9.87. The maximum atomic E-state index is 12.4. The summed E-state index contributed by atoms with van der Waals surface area (Å²) >= 11 is 0. The number of benzene rings is 1. The lowest BCUT2D eigenvalue weighted by Gasteiger charge is -2.19. The number of hydrogen-bond donors (Lipinski definition) is 0. The van der Waals surface area contributed by atoms with Gasteiger partial charge in [-0.15, -0.1) is 0 Å². The number of carbonyl (C=O) groups is 1. The highest BCUT2D eigenvalue weighted by atomic mass is 16.1. The van der Waals surface area contributed by atoms with Crippen LogP contribution < -0.4 is 4.57 Å². The number of Topliss-reactive ketones (excluding diaryl/α,β-unsaturated/α-hetero) is 1. The van der Waals surface area contributed by atoms with E-state index in [9.17, 15) is 4.79 Å². The minimum atomic E-state index is -0.0360. The van der Waals surface area contributed by atoms with Crippen LogP contribution in [0.2, 0.25) is 0 Å². The number of fused-ring (bicyclic) bond motifs is 1. The summed E-state index contributed by atoms with van der Waals surface area (Å²) in [6, 6.07) is 13.8. The zero-order valence-corrected chi connectivity index (χ0v) is 9.54. The Morgan fingerprint density at radius 2 is 1.76 bits per heavy atom. The normalized spacial score (nSPS) is 18.8. The predicted octanol–water partition coefficient (Wildman–Crippen LogP) is 2.34. The summed E-state index contributed by atoms with van der Waals surface area (Å²) in [5.41, 5.74) is 2.07. The summed E-state index contributed by atoms with van der Waals surface area (Å²) in [5, 5.41) is 0. The Labute approximate surface area is 101 Å². The van der Waals surface area contributed by atoms with Gasteiger partial charge in [-0.3, -0.25) is 4.79 Å². The van der Waals surface area contributed by atoms with Crippen molar-refractivity contribution in [2.45, 2.75) is 18.9 Å². The van der Waals surface area contributed by atoms with Crippen molar-refractivity contribution in [3.8, 4) is 0 Å². The van der Waals surface area contributed by atoms with E-state index >= 15 is 0 Å². The van der Waals surface area contributed by atoms with Crippen molar-refractivity contribution in [3.63, 3.8) is 0 Å². The van der Waals surface area contributed by atoms with Crippen molar-refractivity contribution in [3.05, 3.63) is 66.0 Å².